The Labute approximate surface area is 73.8 Å². The highest BCUT2D eigenvalue weighted by molar-refractivity contribution is 5.81. The van der Waals surface area contributed by atoms with Gasteiger partial charge in [-0.15, -0.1) is 0 Å². The van der Waals surface area contributed by atoms with Crippen LogP contribution in [0.1, 0.15) is 26.7 Å². The SMILES string of the molecule is CCC(CC)N/C=C/C(=O)OC. The van der Waals surface area contributed by atoms with Crippen LogP contribution in [0.2, 0.25) is 0 Å². The van der Waals surface area contributed by atoms with Crippen molar-refractivity contribution in [3.63, 3.8) is 0 Å². The Morgan fingerprint density at radius 1 is 1.50 bits per heavy atom. The maximum atomic E-state index is 10.6. The molecule has 70 valence electrons. The Hall–Kier alpha value is -0.990. The Morgan fingerprint density at radius 3 is 2.50 bits per heavy atom. The minimum Gasteiger partial charge on any atom is -0.466 e. The van der Waals surface area contributed by atoms with Crippen LogP contribution in [-0.2, 0) is 9.53 Å². The van der Waals surface area contributed by atoms with E-state index in [9.17, 15) is 4.79 Å². The van der Waals surface area contributed by atoms with Gasteiger partial charge in [-0.25, -0.2) is 4.79 Å². The zero-order valence-corrected chi connectivity index (χ0v) is 7.96. The van der Waals surface area contributed by atoms with E-state index in [0.717, 1.165) is 12.8 Å². The minimum atomic E-state index is -0.326. The minimum absolute atomic E-state index is 0.326. The summed E-state index contributed by atoms with van der Waals surface area (Å²) in [4.78, 5) is 10.6. The molecule has 12 heavy (non-hydrogen) atoms. The molecule has 0 atom stereocenters. The average Bonchev–Trinajstić information content (AvgIpc) is 2.12. The van der Waals surface area contributed by atoms with Gasteiger partial charge in [-0.05, 0) is 12.8 Å². The quantitative estimate of drug-likeness (QED) is 0.502. The van der Waals surface area contributed by atoms with Crippen LogP contribution in [0.4, 0.5) is 0 Å². The third kappa shape index (κ3) is 4.77. The summed E-state index contributed by atoms with van der Waals surface area (Å²) < 4.78 is 4.43. The van der Waals surface area contributed by atoms with Gasteiger partial charge in [0.1, 0.15) is 0 Å². The molecule has 1 N–H and O–H groups in total. The van der Waals surface area contributed by atoms with Crippen LogP contribution in [0.3, 0.4) is 0 Å². The zero-order valence-electron chi connectivity index (χ0n) is 7.96. The van der Waals surface area contributed by atoms with E-state index in [1.807, 2.05) is 0 Å². The first-order valence-electron chi connectivity index (χ1n) is 4.25. The Kier molecular flexibility index (Phi) is 6.15. The van der Waals surface area contributed by atoms with E-state index in [-0.39, 0.29) is 5.97 Å². The molecule has 0 amide bonds. The molecule has 0 unspecified atom stereocenters. The molecule has 0 radical (unpaired) electrons. The van der Waals surface area contributed by atoms with Crippen LogP contribution >= 0.6 is 0 Å². The number of rotatable bonds is 5. The van der Waals surface area contributed by atoms with Gasteiger partial charge in [-0.3, -0.25) is 0 Å². The normalized spacial score (nSPS) is 10.7. The molecule has 0 saturated carbocycles. The summed E-state index contributed by atoms with van der Waals surface area (Å²) in [6, 6.07) is 0.450. The van der Waals surface area contributed by atoms with E-state index in [1.54, 1.807) is 6.20 Å². The number of esters is 1. The Bertz CT molecular complexity index is 151. The second kappa shape index (κ2) is 6.70. The first-order chi connectivity index (χ1) is 5.74. The monoisotopic (exact) mass is 171 g/mol. The first kappa shape index (κ1) is 11.0. The van der Waals surface area contributed by atoms with Gasteiger partial charge in [-0.2, -0.15) is 0 Å². The van der Waals surface area contributed by atoms with Crippen molar-refractivity contribution in [3.8, 4) is 0 Å². The fourth-order valence-corrected chi connectivity index (χ4v) is 0.845. The summed E-state index contributed by atoms with van der Waals surface area (Å²) in [6.07, 6.45) is 5.14. The number of carbonyl (C=O) groups is 1. The molecular formula is C9H17NO2. The van der Waals surface area contributed by atoms with Gasteiger partial charge in [0, 0.05) is 18.3 Å². The highest BCUT2D eigenvalue weighted by Crippen LogP contribution is 1.95. The predicted octanol–water partition coefficient (Wildman–Crippen LogP) is 1.45. The van der Waals surface area contributed by atoms with Crippen molar-refractivity contribution in [2.75, 3.05) is 7.11 Å². The number of carbonyl (C=O) groups excluding carboxylic acids is 1. The molecule has 0 aromatic heterocycles. The number of hydrogen-bond acceptors (Lipinski definition) is 3. The molecule has 0 heterocycles. The van der Waals surface area contributed by atoms with Crippen LogP contribution in [0.15, 0.2) is 12.3 Å². The summed E-state index contributed by atoms with van der Waals surface area (Å²) in [5.41, 5.74) is 0. The lowest BCUT2D eigenvalue weighted by Crippen LogP contribution is -2.22. The van der Waals surface area contributed by atoms with Gasteiger partial charge in [0.25, 0.3) is 0 Å². The van der Waals surface area contributed by atoms with Gasteiger partial charge in [0.2, 0.25) is 0 Å². The third-order valence-corrected chi connectivity index (χ3v) is 1.74. The Balaban J connectivity index is 3.64. The zero-order chi connectivity index (χ0) is 9.40. The van der Waals surface area contributed by atoms with Crippen molar-refractivity contribution in [2.45, 2.75) is 32.7 Å². The molecule has 0 aliphatic rings. The fraction of sp³-hybridized carbons (Fsp3) is 0.667. The summed E-state index contributed by atoms with van der Waals surface area (Å²) in [5.74, 6) is -0.326. The maximum absolute atomic E-state index is 10.6. The summed E-state index contributed by atoms with van der Waals surface area (Å²) >= 11 is 0. The fourth-order valence-electron chi connectivity index (χ4n) is 0.845. The molecule has 3 nitrogen and oxygen atoms in total. The highest BCUT2D eigenvalue weighted by atomic mass is 16.5. The number of nitrogens with one attached hydrogen (secondary N) is 1. The van der Waals surface area contributed by atoms with Crippen molar-refractivity contribution in [3.05, 3.63) is 12.3 Å². The van der Waals surface area contributed by atoms with E-state index in [1.165, 1.54) is 13.2 Å². The summed E-state index contributed by atoms with van der Waals surface area (Å²) in [6.45, 7) is 4.21. The summed E-state index contributed by atoms with van der Waals surface area (Å²) in [5, 5.41) is 3.10. The molecule has 0 aromatic rings. The third-order valence-electron chi connectivity index (χ3n) is 1.74. The largest absolute Gasteiger partial charge is 0.466 e. The van der Waals surface area contributed by atoms with Gasteiger partial charge in [-0.1, -0.05) is 13.8 Å². The number of ether oxygens (including phenoxy) is 1. The van der Waals surface area contributed by atoms with E-state index in [0.29, 0.717) is 6.04 Å². The molecule has 0 aliphatic carbocycles. The molecule has 0 aromatic carbocycles. The highest BCUT2D eigenvalue weighted by Gasteiger charge is 1.97. The average molecular weight is 171 g/mol. The predicted molar refractivity (Wildman–Crippen MR) is 48.7 cm³/mol. The lowest BCUT2D eigenvalue weighted by molar-refractivity contribution is -0.134. The van der Waals surface area contributed by atoms with Crippen LogP contribution in [0.25, 0.3) is 0 Å². The molecular weight excluding hydrogens is 154 g/mol. The van der Waals surface area contributed by atoms with Crippen LogP contribution in [0, 0.1) is 0 Å². The van der Waals surface area contributed by atoms with Crippen molar-refractivity contribution < 1.29 is 9.53 Å². The van der Waals surface area contributed by atoms with Gasteiger partial charge >= 0.3 is 5.97 Å². The standard InChI is InChI=1S/C9H17NO2/c1-4-8(5-2)10-7-6-9(11)12-3/h6-8,10H,4-5H2,1-3H3/b7-6+. The van der Waals surface area contributed by atoms with E-state index in [2.05, 4.69) is 23.9 Å². The molecule has 0 bridgehead atoms. The lowest BCUT2D eigenvalue weighted by atomic mass is 10.2. The van der Waals surface area contributed by atoms with Crippen molar-refractivity contribution in [2.24, 2.45) is 0 Å². The molecule has 0 fully saturated rings. The van der Waals surface area contributed by atoms with E-state index < -0.39 is 0 Å². The van der Waals surface area contributed by atoms with Crippen molar-refractivity contribution in [1.29, 1.82) is 0 Å². The van der Waals surface area contributed by atoms with E-state index in [4.69, 9.17) is 0 Å². The maximum Gasteiger partial charge on any atom is 0.331 e. The topological polar surface area (TPSA) is 38.3 Å². The van der Waals surface area contributed by atoms with Crippen molar-refractivity contribution in [1.82, 2.24) is 5.32 Å². The molecule has 0 spiro atoms. The van der Waals surface area contributed by atoms with Crippen LogP contribution in [-0.4, -0.2) is 19.1 Å². The molecule has 0 aliphatic heterocycles. The lowest BCUT2D eigenvalue weighted by Gasteiger charge is -2.11. The first-order valence-corrected chi connectivity index (χ1v) is 4.25. The molecule has 0 saturated heterocycles. The number of methoxy groups -OCH3 is 1. The van der Waals surface area contributed by atoms with Gasteiger partial charge in [0.15, 0.2) is 0 Å². The Morgan fingerprint density at radius 2 is 2.08 bits per heavy atom. The second-order valence-corrected chi connectivity index (χ2v) is 2.54. The smallest absolute Gasteiger partial charge is 0.331 e. The number of hydrogen-bond donors (Lipinski definition) is 1. The molecule has 0 rings (SSSR count). The van der Waals surface area contributed by atoms with Gasteiger partial charge in [0.05, 0.1) is 7.11 Å². The van der Waals surface area contributed by atoms with Crippen molar-refractivity contribution >= 4 is 5.97 Å². The van der Waals surface area contributed by atoms with Crippen LogP contribution < -0.4 is 5.32 Å². The molecule has 3 heteroatoms. The second-order valence-electron chi connectivity index (χ2n) is 2.54. The van der Waals surface area contributed by atoms with Gasteiger partial charge < -0.3 is 10.1 Å². The van der Waals surface area contributed by atoms with E-state index >= 15 is 0 Å². The summed E-state index contributed by atoms with van der Waals surface area (Å²) in [7, 11) is 1.36. The van der Waals surface area contributed by atoms with Crippen LogP contribution in [0.5, 0.6) is 0 Å².